The summed E-state index contributed by atoms with van der Waals surface area (Å²) in [4.78, 5) is 29.5. The Morgan fingerprint density at radius 2 is 1.82 bits per heavy atom. The van der Waals surface area contributed by atoms with E-state index in [0.29, 0.717) is 18.9 Å². The molecule has 7 nitrogen and oxygen atoms in total. The second kappa shape index (κ2) is 10.2. The van der Waals surface area contributed by atoms with Gasteiger partial charge in [-0.2, -0.15) is 0 Å². The number of carbonyl (C=O) groups excluding carboxylic acids is 1. The first-order valence-corrected chi connectivity index (χ1v) is 11.1. The van der Waals surface area contributed by atoms with Crippen molar-refractivity contribution in [2.75, 3.05) is 11.9 Å². The largest absolute Gasteiger partial charge is 0.361 e. The third-order valence-corrected chi connectivity index (χ3v) is 5.53. The molecule has 0 bridgehead atoms. The van der Waals surface area contributed by atoms with Gasteiger partial charge in [0.25, 0.3) is 0 Å². The van der Waals surface area contributed by atoms with Crippen molar-refractivity contribution >= 4 is 28.7 Å². The topological polar surface area (TPSA) is 95.1 Å². The number of aliphatic imine (C=N–C) groups is 1. The number of hydrogen-bond acceptors (Lipinski definition) is 4. The Morgan fingerprint density at radius 1 is 1.09 bits per heavy atom. The number of aromatic nitrogens is 3. The summed E-state index contributed by atoms with van der Waals surface area (Å²) in [5.74, 6) is -0.226. The third-order valence-electron chi connectivity index (χ3n) is 5.53. The zero-order chi connectivity index (χ0) is 24.1. The molecule has 0 fully saturated rings. The van der Waals surface area contributed by atoms with Gasteiger partial charge in [0.1, 0.15) is 5.82 Å². The summed E-state index contributed by atoms with van der Waals surface area (Å²) >= 11 is 0. The number of aryl methyl sites for hydroxylation is 2. The fourth-order valence-corrected chi connectivity index (χ4v) is 3.76. The van der Waals surface area contributed by atoms with E-state index < -0.39 is 0 Å². The van der Waals surface area contributed by atoms with E-state index in [-0.39, 0.29) is 23.6 Å². The molecule has 34 heavy (non-hydrogen) atoms. The maximum absolute atomic E-state index is 13.7. The molecule has 8 heteroatoms. The van der Waals surface area contributed by atoms with Crippen molar-refractivity contribution in [2.45, 2.75) is 33.1 Å². The number of amides is 1. The molecule has 0 aliphatic carbocycles. The minimum Gasteiger partial charge on any atom is -0.361 e. The molecule has 2 aromatic carbocycles. The smallest absolute Gasteiger partial charge is 0.233 e. The van der Waals surface area contributed by atoms with E-state index in [1.54, 1.807) is 6.07 Å². The summed E-state index contributed by atoms with van der Waals surface area (Å²) in [7, 11) is 0. The molecule has 0 aliphatic rings. The second-order valence-corrected chi connectivity index (χ2v) is 8.21. The second-order valence-electron chi connectivity index (χ2n) is 8.21. The molecule has 0 radical (unpaired) electrons. The van der Waals surface area contributed by atoms with Crippen molar-refractivity contribution in [3.8, 4) is 0 Å². The number of hydrogen-bond donors (Lipinski definition) is 3. The number of benzene rings is 2. The maximum atomic E-state index is 13.7. The summed E-state index contributed by atoms with van der Waals surface area (Å²) in [5, 5.41) is 6.76. The first-order valence-electron chi connectivity index (χ1n) is 11.1. The van der Waals surface area contributed by atoms with Crippen LogP contribution in [-0.4, -0.2) is 33.4 Å². The Balaban J connectivity index is 1.53. The monoisotopic (exact) mass is 458 g/mol. The zero-order valence-corrected chi connectivity index (χ0v) is 19.4. The Morgan fingerprint density at radius 3 is 2.56 bits per heavy atom. The number of nitrogens with one attached hydrogen (secondary N) is 3. The highest BCUT2D eigenvalue weighted by atomic mass is 19.1. The molecule has 0 spiro atoms. The number of aromatic amines is 1. The molecule has 1 amide bonds. The first-order chi connectivity index (χ1) is 16.4. The van der Waals surface area contributed by atoms with Gasteiger partial charge in [-0.3, -0.25) is 20.4 Å². The van der Waals surface area contributed by atoms with Gasteiger partial charge in [0.2, 0.25) is 17.8 Å². The van der Waals surface area contributed by atoms with Crippen LogP contribution < -0.4 is 10.6 Å². The summed E-state index contributed by atoms with van der Waals surface area (Å²) in [5.41, 5.74) is 4.33. The van der Waals surface area contributed by atoms with E-state index in [9.17, 15) is 9.18 Å². The van der Waals surface area contributed by atoms with Gasteiger partial charge in [-0.1, -0.05) is 30.3 Å². The first kappa shape index (κ1) is 23.1. The standard InChI is InChI=1S/C26H27FN6O/c1-16-13-17(2)31-26(30-16)33-25(32-24(34)18(3)19-7-5-4-6-8-19)28-12-11-20-15-29-23-10-9-21(27)14-22(20)23/h4-10,13-15,18,29H,11-12H2,1-3H3,(H2,28,30,31,32,33,34). The van der Waals surface area contributed by atoms with Crippen LogP contribution in [0.3, 0.4) is 0 Å². The van der Waals surface area contributed by atoms with Crippen LogP contribution in [0.25, 0.3) is 10.9 Å². The van der Waals surface area contributed by atoms with E-state index in [2.05, 4.69) is 30.6 Å². The summed E-state index contributed by atoms with van der Waals surface area (Å²) in [6.07, 6.45) is 2.42. The van der Waals surface area contributed by atoms with E-state index in [4.69, 9.17) is 0 Å². The number of carbonyl (C=O) groups is 1. The third kappa shape index (κ3) is 5.64. The molecule has 2 heterocycles. The van der Waals surface area contributed by atoms with Gasteiger partial charge in [-0.15, -0.1) is 0 Å². The number of halogens is 1. The molecule has 1 atom stereocenters. The van der Waals surface area contributed by atoms with Crippen LogP contribution in [0.15, 0.2) is 65.8 Å². The van der Waals surface area contributed by atoms with Crippen LogP contribution in [0.2, 0.25) is 0 Å². The van der Waals surface area contributed by atoms with Gasteiger partial charge < -0.3 is 4.98 Å². The lowest BCUT2D eigenvalue weighted by atomic mass is 10.0. The summed E-state index contributed by atoms with van der Waals surface area (Å²) in [6.45, 7) is 5.97. The number of H-pyrrole nitrogens is 1. The molecule has 0 saturated heterocycles. The van der Waals surface area contributed by atoms with Crippen LogP contribution in [-0.2, 0) is 11.2 Å². The number of anilines is 1. The molecule has 2 aromatic heterocycles. The number of guanidine groups is 1. The molecule has 3 N–H and O–H groups in total. The minimum absolute atomic E-state index is 0.198. The van der Waals surface area contributed by atoms with Crippen molar-refractivity contribution in [1.29, 1.82) is 0 Å². The van der Waals surface area contributed by atoms with E-state index in [1.165, 1.54) is 12.1 Å². The van der Waals surface area contributed by atoms with Gasteiger partial charge in [0.15, 0.2) is 0 Å². The predicted molar refractivity (Wildman–Crippen MR) is 132 cm³/mol. The van der Waals surface area contributed by atoms with Crippen LogP contribution in [0.4, 0.5) is 10.3 Å². The number of rotatable bonds is 6. The fraction of sp³-hybridized carbons (Fsp3) is 0.231. The predicted octanol–water partition coefficient (Wildman–Crippen LogP) is 4.64. The van der Waals surface area contributed by atoms with Crippen molar-refractivity contribution in [2.24, 2.45) is 4.99 Å². The molecule has 0 saturated carbocycles. The Labute approximate surface area is 197 Å². The highest BCUT2D eigenvalue weighted by molar-refractivity contribution is 6.05. The normalized spacial score (nSPS) is 12.5. The molecule has 4 rings (SSSR count). The van der Waals surface area contributed by atoms with Crippen LogP contribution in [0, 0.1) is 19.7 Å². The van der Waals surface area contributed by atoms with E-state index >= 15 is 0 Å². The van der Waals surface area contributed by atoms with Crippen molar-refractivity contribution in [1.82, 2.24) is 20.3 Å². The van der Waals surface area contributed by atoms with Crippen molar-refractivity contribution in [3.63, 3.8) is 0 Å². The lowest BCUT2D eigenvalue weighted by molar-refractivity contribution is -0.120. The quantitative estimate of drug-likeness (QED) is 0.290. The molecular weight excluding hydrogens is 431 g/mol. The van der Waals surface area contributed by atoms with E-state index in [0.717, 1.165) is 33.4 Å². The summed E-state index contributed by atoms with van der Waals surface area (Å²) in [6, 6.07) is 16.1. The minimum atomic E-state index is -0.370. The van der Waals surface area contributed by atoms with Gasteiger partial charge >= 0.3 is 0 Å². The molecule has 0 aliphatic heterocycles. The summed E-state index contributed by atoms with van der Waals surface area (Å²) < 4.78 is 13.7. The average Bonchev–Trinajstić information content (AvgIpc) is 3.20. The lowest BCUT2D eigenvalue weighted by Gasteiger charge is -2.15. The Bertz CT molecular complexity index is 1310. The van der Waals surface area contributed by atoms with Crippen molar-refractivity contribution < 1.29 is 9.18 Å². The highest BCUT2D eigenvalue weighted by Gasteiger charge is 2.17. The molecule has 4 aromatic rings. The zero-order valence-electron chi connectivity index (χ0n) is 19.4. The SMILES string of the molecule is Cc1cc(C)nc(NC(=NCCc2c[nH]c3ccc(F)cc23)NC(=O)C(C)c2ccccc2)n1. The Kier molecular flexibility index (Phi) is 6.96. The van der Waals surface area contributed by atoms with Gasteiger partial charge in [0, 0.05) is 35.0 Å². The highest BCUT2D eigenvalue weighted by Crippen LogP contribution is 2.20. The maximum Gasteiger partial charge on any atom is 0.233 e. The van der Waals surface area contributed by atoms with Crippen LogP contribution >= 0.6 is 0 Å². The number of nitrogens with zero attached hydrogens (tertiary/aromatic N) is 3. The lowest BCUT2D eigenvalue weighted by Crippen LogP contribution is -2.39. The van der Waals surface area contributed by atoms with Crippen LogP contribution in [0.1, 0.15) is 35.4 Å². The molecule has 174 valence electrons. The van der Waals surface area contributed by atoms with Crippen molar-refractivity contribution in [3.05, 3.63) is 89.1 Å². The molecular formula is C26H27FN6O. The van der Waals surface area contributed by atoms with Gasteiger partial charge in [-0.25, -0.2) is 14.4 Å². The Hall–Kier alpha value is -4.07. The van der Waals surface area contributed by atoms with Gasteiger partial charge in [-0.05, 0) is 62.6 Å². The average molecular weight is 459 g/mol. The van der Waals surface area contributed by atoms with E-state index in [1.807, 2.05) is 63.4 Å². The molecule has 1 unspecified atom stereocenters. The van der Waals surface area contributed by atoms with Crippen LogP contribution in [0.5, 0.6) is 0 Å². The fourth-order valence-electron chi connectivity index (χ4n) is 3.76. The van der Waals surface area contributed by atoms with Gasteiger partial charge in [0.05, 0.1) is 5.92 Å². The number of fused-ring (bicyclic) bond motifs is 1.